The molecule has 1 atom stereocenters. The van der Waals surface area contributed by atoms with E-state index in [0.717, 1.165) is 22.8 Å². The molecule has 2 aromatic carbocycles. The van der Waals surface area contributed by atoms with Crippen LogP contribution in [0.25, 0.3) is 11.0 Å². The number of hydrogen-bond acceptors (Lipinski definition) is 7. The normalized spacial score (nSPS) is 16.6. The number of imidazole rings is 1. The number of pyridine rings is 1. The fraction of sp³-hybridized carbons (Fsp3) is 0.394. The van der Waals surface area contributed by atoms with Crippen molar-refractivity contribution >= 4 is 46.0 Å². The zero-order valence-electron chi connectivity index (χ0n) is 26.2. The van der Waals surface area contributed by atoms with E-state index in [-0.39, 0.29) is 47.5 Å². The second-order valence-corrected chi connectivity index (χ2v) is 12.3. The number of aromatic amines is 1. The summed E-state index contributed by atoms with van der Waals surface area (Å²) in [5.41, 5.74) is 1.07. The monoisotopic (exact) mass is 685 g/mol. The first-order valence-electron chi connectivity index (χ1n) is 15.7. The van der Waals surface area contributed by atoms with Crippen molar-refractivity contribution in [2.75, 3.05) is 56.5 Å². The van der Waals surface area contributed by atoms with E-state index in [4.69, 9.17) is 16.3 Å². The van der Waals surface area contributed by atoms with Crippen LogP contribution >= 0.6 is 11.6 Å². The van der Waals surface area contributed by atoms with Crippen molar-refractivity contribution in [2.45, 2.75) is 37.6 Å². The lowest BCUT2D eigenvalue weighted by Crippen LogP contribution is -2.53. The van der Waals surface area contributed by atoms with E-state index in [2.05, 4.69) is 20.2 Å². The number of likely N-dealkylation sites (tertiary alicyclic amines) is 1. The Morgan fingerprint density at radius 1 is 1.02 bits per heavy atom. The van der Waals surface area contributed by atoms with Gasteiger partial charge in [-0.3, -0.25) is 14.3 Å². The number of alkyl halides is 3. The fourth-order valence-electron chi connectivity index (χ4n) is 6.53. The molecule has 2 fully saturated rings. The number of para-hydroxylation sites is 2. The first-order chi connectivity index (χ1) is 23.0. The third-order valence-electron chi connectivity index (χ3n) is 8.98. The number of nitrogens with zero attached hydrogens (tertiary/aromatic N) is 5. The zero-order chi connectivity index (χ0) is 34.0. The van der Waals surface area contributed by atoms with Crippen molar-refractivity contribution in [1.82, 2.24) is 24.3 Å². The second-order valence-electron chi connectivity index (χ2n) is 11.9. The van der Waals surface area contributed by atoms with E-state index in [9.17, 15) is 27.6 Å². The van der Waals surface area contributed by atoms with Crippen molar-refractivity contribution in [3.63, 3.8) is 0 Å². The zero-order valence-corrected chi connectivity index (χ0v) is 26.9. The number of fused-ring (bicyclic) bond motifs is 1. The van der Waals surface area contributed by atoms with E-state index < -0.39 is 29.8 Å². The number of nitrogens with one attached hydrogen (secondary N) is 2. The van der Waals surface area contributed by atoms with E-state index >= 15 is 0 Å². The summed E-state index contributed by atoms with van der Waals surface area (Å²) >= 11 is 6.25. The Kier molecular flexibility index (Phi) is 9.54. The van der Waals surface area contributed by atoms with Crippen LogP contribution in [0.1, 0.15) is 30.0 Å². The standard InChI is InChI=1S/C33H35ClF3N7O4/c1-38-29-24(33(35,36)37)18-21(19-25(29)34)20-28(30(45)42-16-14-41(15-17-42)22-6-10-39-11-7-22)48-32(47)43-12-8-23(9-13-43)44-27-5-3-2-4-26(27)40-31(44)46/h2-7,10-11,18-19,23,28,38H,8-9,12-17,20H2,1H3,(H,40,46)/t28-/m1/s1. The lowest BCUT2D eigenvalue weighted by Gasteiger charge is -2.38. The van der Waals surface area contributed by atoms with Gasteiger partial charge in [-0.15, -0.1) is 0 Å². The summed E-state index contributed by atoms with van der Waals surface area (Å²) in [4.78, 5) is 52.2. The minimum absolute atomic E-state index is 0.102. The number of halogens is 4. The quantitative estimate of drug-likeness (QED) is 0.276. The number of ether oxygens (including phenoxy) is 1. The first kappa shape index (κ1) is 33.2. The van der Waals surface area contributed by atoms with Crippen molar-refractivity contribution in [1.29, 1.82) is 0 Å². The predicted molar refractivity (Wildman–Crippen MR) is 175 cm³/mol. The molecule has 2 aliphatic rings. The molecule has 2 aromatic heterocycles. The number of hydrogen-bond donors (Lipinski definition) is 2. The van der Waals surface area contributed by atoms with Crippen LogP contribution in [-0.2, 0) is 22.1 Å². The van der Waals surface area contributed by atoms with Crippen molar-refractivity contribution in [3.05, 3.63) is 87.6 Å². The summed E-state index contributed by atoms with van der Waals surface area (Å²) in [6.45, 7) is 2.21. The van der Waals surface area contributed by atoms with Crippen LogP contribution in [-0.4, -0.2) is 88.8 Å². The average Bonchev–Trinajstić information content (AvgIpc) is 3.43. The summed E-state index contributed by atoms with van der Waals surface area (Å²) in [5, 5.41) is 2.33. The summed E-state index contributed by atoms with van der Waals surface area (Å²) in [5.74, 6) is -0.500. The molecule has 0 unspecified atom stereocenters. The molecule has 0 aliphatic carbocycles. The van der Waals surface area contributed by atoms with Crippen LogP contribution in [0.15, 0.2) is 65.7 Å². The van der Waals surface area contributed by atoms with Gasteiger partial charge >= 0.3 is 18.0 Å². The summed E-state index contributed by atoms with van der Waals surface area (Å²) in [6.07, 6.45) is -2.84. The minimum Gasteiger partial charge on any atom is -0.436 e. The maximum absolute atomic E-state index is 14.0. The van der Waals surface area contributed by atoms with Crippen LogP contribution in [0.3, 0.4) is 0 Å². The van der Waals surface area contributed by atoms with Crippen LogP contribution in [0.5, 0.6) is 0 Å². The highest BCUT2D eigenvalue weighted by Crippen LogP contribution is 2.40. The number of amides is 2. The van der Waals surface area contributed by atoms with Gasteiger partial charge in [0.2, 0.25) is 0 Å². The molecule has 4 heterocycles. The van der Waals surface area contributed by atoms with Gasteiger partial charge in [-0.2, -0.15) is 13.2 Å². The summed E-state index contributed by atoms with van der Waals surface area (Å²) in [6, 6.07) is 13.3. The van der Waals surface area contributed by atoms with E-state index in [1.165, 1.54) is 18.0 Å². The molecule has 48 heavy (non-hydrogen) atoms. The highest BCUT2D eigenvalue weighted by molar-refractivity contribution is 6.33. The SMILES string of the molecule is CNc1c(Cl)cc(C[C@@H](OC(=O)N2CCC(n3c(=O)[nH]c4ccccc43)CC2)C(=O)N2CCN(c3ccncc3)CC2)cc1C(F)(F)F. The van der Waals surface area contributed by atoms with Crippen LogP contribution in [0.4, 0.5) is 29.3 Å². The lowest BCUT2D eigenvalue weighted by molar-refractivity contribution is -0.141. The van der Waals surface area contributed by atoms with Crippen LogP contribution < -0.4 is 15.9 Å². The highest BCUT2D eigenvalue weighted by atomic mass is 35.5. The smallest absolute Gasteiger partial charge is 0.418 e. The number of piperidine rings is 1. The van der Waals surface area contributed by atoms with Crippen molar-refractivity contribution in [3.8, 4) is 0 Å². The van der Waals surface area contributed by atoms with Crippen molar-refractivity contribution < 1.29 is 27.5 Å². The number of piperazine rings is 1. The third-order valence-corrected chi connectivity index (χ3v) is 9.27. The molecule has 254 valence electrons. The average molecular weight is 686 g/mol. The molecular weight excluding hydrogens is 651 g/mol. The summed E-state index contributed by atoms with van der Waals surface area (Å²) in [7, 11) is 1.34. The number of aromatic nitrogens is 3. The Morgan fingerprint density at radius 2 is 1.71 bits per heavy atom. The highest BCUT2D eigenvalue weighted by Gasteiger charge is 2.37. The molecule has 2 aliphatic heterocycles. The Morgan fingerprint density at radius 3 is 2.38 bits per heavy atom. The Labute approximate surface area is 279 Å². The molecule has 4 aromatic rings. The molecule has 2 amide bonds. The fourth-order valence-corrected chi connectivity index (χ4v) is 6.87. The number of benzene rings is 2. The number of anilines is 2. The van der Waals surface area contributed by atoms with E-state index in [0.29, 0.717) is 39.0 Å². The molecule has 11 nitrogen and oxygen atoms in total. The molecule has 6 rings (SSSR count). The van der Waals surface area contributed by atoms with Gasteiger partial charge in [0.15, 0.2) is 6.10 Å². The van der Waals surface area contributed by atoms with Gasteiger partial charge in [0.05, 0.1) is 27.3 Å². The number of carbonyl (C=O) groups excluding carboxylic acids is 2. The van der Waals surface area contributed by atoms with Gasteiger partial charge in [-0.25, -0.2) is 9.59 Å². The molecule has 0 radical (unpaired) electrons. The lowest BCUT2D eigenvalue weighted by atomic mass is 10.0. The molecule has 0 saturated carbocycles. The molecule has 2 N–H and O–H groups in total. The Balaban J connectivity index is 1.19. The molecule has 2 saturated heterocycles. The predicted octanol–water partition coefficient (Wildman–Crippen LogP) is 5.17. The molecule has 15 heteroatoms. The van der Waals surface area contributed by atoms with Gasteiger partial charge < -0.3 is 29.7 Å². The minimum atomic E-state index is -4.71. The first-order valence-corrected chi connectivity index (χ1v) is 16.1. The number of carbonyl (C=O) groups is 2. The van der Waals surface area contributed by atoms with E-state index in [1.807, 2.05) is 36.4 Å². The maximum Gasteiger partial charge on any atom is 0.418 e. The largest absolute Gasteiger partial charge is 0.436 e. The van der Waals surface area contributed by atoms with Gasteiger partial charge in [0, 0.05) is 76.9 Å². The van der Waals surface area contributed by atoms with Gasteiger partial charge in [-0.1, -0.05) is 23.7 Å². The van der Waals surface area contributed by atoms with E-state index in [1.54, 1.807) is 21.9 Å². The Bertz CT molecular complexity index is 1830. The van der Waals surface area contributed by atoms with Gasteiger partial charge in [0.1, 0.15) is 0 Å². The molecule has 0 spiro atoms. The number of H-pyrrole nitrogens is 1. The Hall–Kier alpha value is -4.72. The molecular formula is C33H35ClF3N7O4. The number of rotatable bonds is 7. The second kappa shape index (κ2) is 13.8. The van der Waals surface area contributed by atoms with Crippen molar-refractivity contribution in [2.24, 2.45) is 0 Å². The van der Waals surface area contributed by atoms with Crippen LogP contribution in [0.2, 0.25) is 5.02 Å². The van der Waals surface area contributed by atoms with Gasteiger partial charge in [-0.05, 0) is 54.8 Å². The third kappa shape index (κ3) is 6.93. The molecule has 0 bridgehead atoms. The topological polar surface area (TPSA) is 116 Å². The van der Waals surface area contributed by atoms with Crippen LogP contribution in [0, 0.1) is 0 Å². The maximum atomic E-state index is 14.0. The van der Waals surface area contributed by atoms with Gasteiger partial charge in [0.25, 0.3) is 5.91 Å². The summed E-state index contributed by atoms with van der Waals surface area (Å²) < 4.78 is 49.4.